The minimum Gasteiger partial charge on any atom is -0.388 e. The first-order chi connectivity index (χ1) is 5.74. The molecule has 1 aromatic heterocycles. The van der Waals surface area contributed by atoms with Crippen LogP contribution >= 0.6 is 11.3 Å². The van der Waals surface area contributed by atoms with E-state index in [9.17, 15) is 0 Å². The lowest BCUT2D eigenvalue weighted by molar-refractivity contribution is 0.713. The highest BCUT2D eigenvalue weighted by Gasteiger charge is 2.07. The van der Waals surface area contributed by atoms with Gasteiger partial charge in [0.15, 0.2) is 0 Å². The van der Waals surface area contributed by atoms with E-state index >= 15 is 0 Å². The van der Waals surface area contributed by atoms with Crippen LogP contribution in [0.2, 0.25) is 0 Å². The highest BCUT2D eigenvalue weighted by atomic mass is 32.1. The second-order valence-corrected chi connectivity index (χ2v) is 3.69. The fourth-order valence-corrected chi connectivity index (χ4v) is 1.93. The van der Waals surface area contributed by atoms with E-state index in [1.807, 2.05) is 13.0 Å². The molecule has 3 heteroatoms. The maximum atomic E-state index is 5.53. The molecule has 66 valence electrons. The summed E-state index contributed by atoms with van der Waals surface area (Å²) in [6.45, 7) is 3.95. The topological polar surface area (TPSA) is 38.4 Å². The molecule has 0 aromatic carbocycles. The predicted molar refractivity (Wildman–Crippen MR) is 54.6 cm³/mol. The number of nitrogens with zero attached hydrogens (tertiary/aromatic N) is 1. The summed E-state index contributed by atoms with van der Waals surface area (Å²) in [4.78, 5) is 5.64. The maximum Gasteiger partial charge on any atom is 0.0913 e. The maximum absolute atomic E-state index is 5.53. The number of hydrogen-bond donors (Lipinski definition) is 1. The van der Waals surface area contributed by atoms with Crippen LogP contribution < -0.4 is 5.73 Å². The summed E-state index contributed by atoms with van der Waals surface area (Å²) in [5.41, 5.74) is 5.53. The van der Waals surface area contributed by atoms with Gasteiger partial charge in [-0.1, -0.05) is 13.0 Å². The molecule has 0 radical (unpaired) electrons. The number of nitrogens with two attached hydrogens (primary N) is 1. The first kappa shape index (κ1) is 9.26. The first-order valence-electron chi connectivity index (χ1n) is 4.07. The van der Waals surface area contributed by atoms with Crippen molar-refractivity contribution in [2.45, 2.75) is 26.3 Å². The van der Waals surface area contributed by atoms with E-state index in [1.54, 1.807) is 11.3 Å². The van der Waals surface area contributed by atoms with Gasteiger partial charge in [-0.05, 0) is 24.8 Å². The summed E-state index contributed by atoms with van der Waals surface area (Å²) in [6.07, 6.45) is 1.01. The Hall–Kier alpha value is -0.830. The normalized spacial score (nSPS) is 14.7. The molecular formula is C9H14N2S. The summed E-state index contributed by atoms with van der Waals surface area (Å²) in [5.74, 6) is 0.662. The summed E-state index contributed by atoms with van der Waals surface area (Å²) >= 11 is 1.73. The Bertz CT molecular complexity index is 248. The van der Waals surface area contributed by atoms with Crippen LogP contribution in [0.1, 0.15) is 31.2 Å². The van der Waals surface area contributed by atoms with Crippen LogP contribution in [0.15, 0.2) is 22.5 Å². The fourth-order valence-electron chi connectivity index (χ4n) is 1.08. The second-order valence-electron chi connectivity index (χ2n) is 2.71. The second kappa shape index (κ2) is 4.26. The lowest BCUT2D eigenvalue weighted by Gasteiger charge is -2.06. The van der Waals surface area contributed by atoms with E-state index in [-0.39, 0.29) is 6.04 Å². The van der Waals surface area contributed by atoms with E-state index in [1.165, 1.54) is 4.88 Å². The minimum absolute atomic E-state index is 0.259. The molecule has 0 saturated carbocycles. The summed E-state index contributed by atoms with van der Waals surface area (Å²) < 4.78 is 0. The molecule has 0 spiro atoms. The largest absolute Gasteiger partial charge is 0.388 e. The van der Waals surface area contributed by atoms with Gasteiger partial charge in [-0.2, -0.15) is 0 Å². The van der Waals surface area contributed by atoms with Crippen LogP contribution in [0.3, 0.4) is 0 Å². The molecule has 0 amide bonds. The standard InChI is InChI=1S/C9H14N2S/c1-3-8(11-7(2)10)9-5-4-6-12-9/h4-6,8H,3H2,1-2H3,(H2,10,11). The highest BCUT2D eigenvalue weighted by Crippen LogP contribution is 2.25. The third-order valence-corrected chi connectivity index (χ3v) is 2.59. The lowest BCUT2D eigenvalue weighted by Crippen LogP contribution is -2.07. The third kappa shape index (κ3) is 2.34. The molecule has 1 rings (SSSR count). The summed E-state index contributed by atoms with van der Waals surface area (Å²) in [5, 5.41) is 2.07. The summed E-state index contributed by atoms with van der Waals surface area (Å²) in [6, 6.07) is 4.41. The Balaban J connectivity index is 2.77. The van der Waals surface area contributed by atoms with Crippen molar-refractivity contribution in [3.8, 4) is 0 Å². The molecule has 1 heterocycles. The van der Waals surface area contributed by atoms with Crippen molar-refractivity contribution in [3.05, 3.63) is 22.4 Å². The lowest BCUT2D eigenvalue weighted by atomic mass is 10.2. The van der Waals surface area contributed by atoms with Crippen LogP contribution in [0.5, 0.6) is 0 Å². The molecule has 0 aliphatic heterocycles. The zero-order valence-corrected chi connectivity index (χ0v) is 8.27. The smallest absolute Gasteiger partial charge is 0.0913 e. The Labute approximate surface area is 77.1 Å². The molecule has 0 aliphatic rings. The van der Waals surface area contributed by atoms with E-state index in [0.29, 0.717) is 5.84 Å². The van der Waals surface area contributed by atoms with Crippen molar-refractivity contribution >= 4 is 17.2 Å². The van der Waals surface area contributed by atoms with Gasteiger partial charge in [-0.25, -0.2) is 0 Å². The predicted octanol–water partition coefficient (Wildman–Crippen LogP) is 2.58. The zero-order valence-electron chi connectivity index (χ0n) is 7.45. The number of amidine groups is 1. The highest BCUT2D eigenvalue weighted by molar-refractivity contribution is 7.10. The molecule has 0 aliphatic carbocycles. The van der Waals surface area contributed by atoms with Gasteiger partial charge in [-0.15, -0.1) is 11.3 Å². The van der Waals surface area contributed by atoms with Crippen LogP contribution in [0, 0.1) is 0 Å². The number of aliphatic imine (C=N–C) groups is 1. The van der Waals surface area contributed by atoms with E-state index < -0.39 is 0 Å². The van der Waals surface area contributed by atoms with Crippen LogP contribution in [-0.2, 0) is 0 Å². The van der Waals surface area contributed by atoms with Crippen molar-refractivity contribution in [1.29, 1.82) is 0 Å². The number of rotatable bonds is 3. The number of thiophene rings is 1. The Kier molecular flexibility index (Phi) is 3.29. The van der Waals surface area contributed by atoms with E-state index in [0.717, 1.165) is 6.42 Å². The Morgan fingerprint density at radius 2 is 2.50 bits per heavy atom. The van der Waals surface area contributed by atoms with Gasteiger partial charge < -0.3 is 5.73 Å². The molecule has 0 bridgehead atoms. The van der Waals surface area contributed by atoms with Crippen molar-refractivity contribution in [2.24, 2.45) is 10.7 Å². The number of hydrogen-bond acceptors (Lipinski definition) is 2. The summed E-state index contributed by atoms with van der Waals surface area (Å²) in [7, 11) is 0. The van der Waals surface area contributed by atoms with Crippen LogP contribution in [-0.4, -0.2) is 5.84 Å². The van der Waals surface area contributed by atoms with Crippen molar-refractivity contribution < 1.29 is 0 Å². The average Bonchev–Trinajstić information content (AvgIpc) is 2.51. The van der Waals surface area contributed by atoms with Crippen LogP contribution in [0.4, 0.5) is 0 Å². The fraction of sp³-hybridized carbons (Fsp3) is 0.444. The van der Waals surface area contributed by atoms with Crippen LogP contribution in [0.25, 0.3) is 0 Å². The van der Waals surface area contributed by atoms with E-state index in [4.69, 9.17) is 5.73 Å². The zero-order chi connectivity index (χ0) is 8.97. The minimum atomic E-state index is 0.259. The molecular weight excluding hydrogens is 168 g/mol. The van der Waals surface area contributed by atoms with Gasteiger partial charge in [0, 0.05) is 4.88 Å². The molecule has 0 fully saturated rings. The van der Waals surface area contributed by atoms with Gasteiger partial charge in [-0.3, -0.25) is 4.99 Å². The van der Waals surface area contributed by atoms with Gasteiger partial charge in [0.25, 0.3) is 0 Å². The SMILES string of the molecule is CCC(N=C(C)N)c1cccs1. The molecule has 1 aromatic rings. The molecule has 12 heavy (non-hydrogen) atoms. The molecule has 2 N–H and O–H groups in total. The molecule has 1 unspecified atom stereocenters. The van der Waals surface area contributed by atoms with Gasteiger partial charge in [0.1, 0.15) is 0 Å². The quantitative estimate of drug-likeness (QED) is 0.566. The van der Waals surface area contributed by atoms with Gasteiger partial charge >= 0.3 is 0 Å². The Morgan fingerprint density at radius 3 is 2.92 bits per heavy atom. The first-order valence-corrected chi connectivity index (χ1v) is 4.95. The molecule has 1 atom stereocenters. The van der Waals surface area contributed by atoms with Crippen molar-refractivity contribution in [3.63, 3.8) is 0 Å². The Morgan fingerprint density at radius 1 is 1.75 bits per heavy atom. The third-order valence-electron chi connectivity index (χ3n) is 1.62. The molecule has 0 saturated heterocycles. The van der Waals surface area contributed by atoms with E-state index in [2.05, 4.69) is 23.4 Å². The molecule has 2 nitrogen and oxygen atoms in total. The van der Waals surface area contributed by atoms with Crippen molar-refractivity contribution in [1.82, 2.24) is 0 Å². The van der Waals surface area contributed by atoms with Gasteiger partial charge in [0.2, 0.25) is 0 Å². The average molecular weight is 182 g/mol. The van der Waals surface area contributed by atoms with Gasteiger partial charge in [0.05, 0.1) is 11.9 Å². The van der Waals surface area contributed by atoms with Crippen molar-refractivity contribution in [2.75, 3.05) is 0 Å². The monoisotopic (exact) mass is 182 g/mol.